The maximum atomic E-state index is 12.4. The first-order valence-corrected chi connectivity index (χ1v) is 7.20. The fraction of sp³-hybridized carbons (Fsp3) is 0.933. The van der Waals surface area contributed by atoms with Gasteiger partial charge in [0.25, 0.3) is 0 Å². The fourth-order valence-corrected chi connectivity index (χ4v) is 4.78. The van der Waals surface area contributed by atoms with Crippen LogP contribution in [0.4, 0.5) is 0 Å². The Balaban J connectivity index is 1.84. The molecule has 0 aromatic rings. The highest BCUT2D eigenvalue weighted by atomic mass is 16.1. The summed E-state index contributed by atoms with van der Waals surface area (Å²) in [6, 6.07) is 0. The van der Waals surface area contributed by atoms with Crippen molar-refractivity contribution in [2.45, 2.75) is 52.4 Å². The Morgan fingerprint density at radius 3 is 1.69 bits per heavy atom. The van der Waals surface area contributed by atoms with Gasteiger partial charge in [-0.05, 0) is 49.4 Å². The molecule has 1 heteroatoms. The second-order valence-corrected chi connectivity index (χ2v) is 6.78. The predicted octanol–water partition coefficient (Wildman–Crippen LogP) is 3.67. The molecule has 3 rings (SSSR count). The van der Waals surface area contributed by atoms with E-state index in [2.05, 4.69) is 13.8 Å². The molecule has 3 aliphatic rings. The highest BCUT2D eigenvalue weighted by Crippen LogP contribution is 2.54. The Labute approximate surface area is 99.0 Å². The molecule has 3 aliphatic carbocycles. The smallest absolute Gasteiger partial charge is 0.139 e. The van der Waals surface area contributed by atoms with Crippen LogP contribution >= 0.6 is 0 Å². The van der Waals surface area contributed by atoms with Crippen molar-refractivity contribution < 1.29 is 4.79 Å². The van der Waals surface area contributed by atoms with Gasteiger partial charge in [-0.1, -0.05) is 26.7 Å². The van der Waals surface area contributed by atoms with E-state index in [0.717, 1.165) is 23.7 Å². The number of carbonyl (C=O) groups excluding carboxylic acids is 1. The van der Waals surface area contributed by atoms with Crippen molar-refractivity contribution in [2.24, 2.45) is 35.5 Å². The summed E-state index contributed by atoms with van der Waals surface area (Å²) >= 11 is 0. The highest BCUT2D eigenvalue weighted by molar-refractivity contribution is 5.86. The van der Waals surface area contributed by atoms with E-state index < -0.39 is 0 Å². The Bertz CT molecular complexity index is 268. The molecule has 0 aliphatic heterocycles. The third kappa shape index (κ3) is 1.55. The molecule has 0 heterocycles. The van der Waals surface area contributed by atoms with Crippen molar-refractivity contribution >= 4 is 5.78 Å². The van der Waals surface area contributed by atoms with Crippen molar-refractivity contribution in [3.05, 3.63) is 0 Å². The predicted molar refractivity (Wildman–Crippen MR) is 65.0 cm³/mol. The molecule has 90 valence electrons. The Morgan fingerprint density at radius 2 is 1.25 bits per heavy atom. The molecule has 0 amide bonds. The number of hydrogen-bond donors (Lipinski definition) is 0. The maximum absolute atomic E-state index is 12.4. The molecule has 0 aromatic carbocycles. The summed E-state index contributed by atoms with van der Waals surface area (Å²) in [7, 11) is 0. The molecule has 0 saturated heterocycles. The summed E-state index contributed by atoms with van der Waals surface area (Å²) in [6.45, 7) is 4.75. The normalized spacial score (nSPS) is 52.2. The van der Waals surface area contributed by atoms with E-state index in [-0.39, 0.29) is 0 Å². The molecule has 0 aromatic heterocycles. The second-order valence-electron chi connectivity index (χ2n) is 6.78. The standard InChI is InChI=1S/C15H24O/c1-9-3-5-11-13(7-9)14-8-10(2)4-6-12(14)15(11)16/h9-14H,3-8H2,1-2H3. The van der Waals surface area contributed by atoms with Gasteiger partial charge in [0.1, 0.15) is 5.78 Å². The number of rotatable bonds is 0. The van der Waals surface area contributed by atoms with Gasteiger partial charge >= 0.3 is 0 Å². The zero-order valence-electron chi connectivity index (χ0n) is 10.6. The quantitative estimate of drug-likeness (QED) is 0.608. The van der Waals surface area contributed by atoms with E-state index in [4.69, 9.17) is 0 Å². The third-order valence-electron chi connectivity index (χ3n) is 5.60. The first-order chi connectivity index (χ1) is 7.66. The lowest BCUT2D eigenvalue weighted by Gasteiger charge is -2.35. The largest absolute Gasteiger partial charge is 0.299 e. The van der Waals surface area contributed by atoms with E-state index in [9.17, 15) is 4.79 Å². The van der Waals surface area contributed by atoms with E-state index in [1.807, 2.05) is 0 Å². The van der Waals surface area contributed by atoms with Gasteiger partial charge in [0, 0.05) is 11.8 Å². The minimum atomic E-state index is 0.469. The van der Waals surface area contributed by atoms with E-state index >= 15 is 0 Å². The monoisotopic (exact) mass is 220 g/mol. The summed E-state index contributed by atoms with van der Waals surface area (Å²) in [6.07, 6.45) is 7.66. The molecule has 3 saturated carbocycles. The van der Waals surface area contributed by atoms with E-state index in [1.54, 1.807) is 0 Å². The van der Waals surface area contributed by atoms with Crippen LogP contribution in [0, 0.1) is 35.5 Å². The van der Waals surface area contributed by atoms with Gasteiger partial charge in [-0.3, -0.25) is 4.79 Å². The van der Waals surface area contributed by atoms with Gasteiger partial charge in [0.15, 0.2) is 0 Å². The van der Waals surface area contributed by atoms with Crippen LogP contribution in [0.3, 0.4) is 0 Å². The molecule has 6 unspecified atom stereocenters. The molecular weight excluding hydrogens is 196 g/mol. The highest BCUT2D eigenvalue weighted by Gasteiger charge is 2.52. The molecule has 0 N–H and O–H groups in total. The van der Waals surface area contributed by atoms with Crippen LogP contribution in [0.2, 0.25) is 0 Å². The van der Waals surface area contributed by atoms with E-state index in [0.29, 0.717) is 17.6 Å². The topological polar surface area (TPSA) is 17.1 Å². The van der Waals surface area contributed by atoms with Crippen molar-refractivity contribution in [3.63, 3.8) is 0 Å². The third-order valence-corrected chi connectivity index (χ3v) is 5.60. The zero-order valence-corrected chi connectivity index (χ0v) is 10.6. The van der Waals surface area contributed by atoms with Gasteiger partial charge in [0.2, 0.25) is 0 Å². The molecule has 0 bridgehead atoms. The van der Waals surface area contributed by atoms with Crippen LogP contribution in [-0.4, -0.2) is 5.78 Å². The van der Waals surface area contributed by atoms with Gasteiger partial charge in [-0.2, -0.15) is 0 Å². The van der Waals surface area contributed by atoms with Crippen molar-refractivity contribution in [1.29, 1.82) is 0 Å². The minimum absolute atomic E-state index is 0.469. The Morgan fingerprint density at radius 1 is 0.812 bits per heavy atom. The number of ketones is 1. The van der Waals surface area contributed by atoms with Crippen molar-refractivity contribution in [3.8, 4) is 0 Å². The lowest BCUT2D eigenvalue weighted by Crippen LogP contribution is -2.28. The van der Waals surface area contributed by atoms with Crippen molar-refractivity contribution in [1.82, 2.24) is 0 Å². The van der Waals surface area contributed by atoms with Gasteiger partial charge in [0.05, 0.1) is 0 Å². The van der Waals surface area contributed by atoms with Gasteiger partial charge < -0.3 is 0 Å². The Hall–Kier alpha value is -0.330. The maximum Gasteiger partial charge on any atom is 0.139 e. The molecule has 0 radical (unpaired) electrons. The zero-order chi connectivity index (χ0) is 11.3. The molecule has 3 fully saturated rings. The first-order valence-electron chi connectivity index (χ1n) is 7.20. The minimum Gasteiger partial charge on any atom is -0.299 e. The lowest BCUT2D eigenvalue weighted by molar-refractivity contribution is -0.125. The molecule has 6 atom stereocenters. The summed E-state index contributed by atoms with van der Waals surface area (Å²) in [5.74, 6) is 4.87. The van der Waals surface area contributed by atoms with E-state index in [1.165, 1.54) is 38.5 Å². The summed E-state index contributed by atoms with van der Waals surface area (Å²) < 4.78 is 0. The average Bonchev–Trinajstić information content (AvgIpc) is 2.52. The second kappa shape index (κ2) is 3.85. The molecule has 16 heavy (non-hydrogen) atoms. The van der Waals surface area contributed by atoms with Gasteiger partial charge in [-0.15, -0.1) is 0 Å². The van der Waals surface area contributed by atoms with Crippen LogP contribution in [0.25, 0.3) is 0 Å². The van der Waals surface area contributed by atoms with Crippen LogP contribution in [0.1, 0.15) is 52.4 Å². The fourth-order valence-electron chi connectivity index (χ4n) is 4.78. The summed E-state index contributed by atoms with van der Waals surface area (Å²) in [5.41, 5.74) is 0. The van der Waals surface area contributed by atoms with Crippen LogP contribution in [0.5, 0.6) is 0 Å². The average molecular weight is 220 g/mol. The van der Waals surface area contributed by atoms with Crippen LogP contribution < -0.4 is 0 Å². The number of Topliss-reactive ketones (excluding diaryl/α,β-unsaturated/α-hetero) is 1. The van der Waals surface area contributed by atoms with Crippen LogP contribution in [0.15, 0.2) is 0 Å². The number of hydrogen-bond acceptors (Lipinski definition) is 1. The van der Waals surface area contributed by atoms with Gasteiger partial charge in [-0.25, -0.2) is 0 Å². The Kier molecular flexibility index (Phi) is 2.60. The molecule has 0 spiro atoms. The first kappa shape index (κ1) is 10.8. The lowest BCUT2D eigenvalue weighted by atomic mass is 9.69. The number of fused-ring (bicyclic) bond motifs is 3. The summed E-state index contributed by atoms with van der Waals surface area (Å²) in [4.78, 5) is 12.4. The molecule has 1 nitrogen and oxygen atoms in total. The van der Waals surface area contributed by atoms with Crippen molar-refractivity contribution in [2.75, 3.05) is 0 Å². The summed E-state index contributed by atoms with van der Waals surface area (Å²) in [5, 5.41) is 0. The molecular formula is C15H24O. The van der Waals surface area contributed by atoms with Crippen LogP contribution in [-0.2, 0) is 4.79 Å². The number of carbonyl (C=O) groups is 1. The SMILES string of the molecule is CC1CCC2C(=O)C3CCC(C)CC3C2C1.